The lowest BCUT2D eigenvalue weighted by molar-refractivity contribution is 0.102. The molecule has 2 N–H and O–H groups in total. The third-order valence-electron chi connectivity index (χ3n) is 2.38. The van der Waals surface area contributed by atoms with Crippen LogP contribution in [0.1, 0.15) is 10.4 Å². The standard InChI is InChI=1S/C13H8F3NO2/c14-7-2-4-12(18)9(5-7)13(19)17-11-3-1-8(15)6-10(11)16/h1-6,18H,(H,17,19). The average molecular weight is 267 g/mol. The van der Waals surface area contributed by atoms with Crippen LogP contribution in [-0.4, -0.2) is 11.0 Å². The second kappa shape index (κ2) is 5.01. The van der Waals surface area contributed by atoms with Crippen molar-refractivity contribution in [1.82, 2.24) is 0 Å². The molecular formula is C13H8F3NO2. The summed E-state index contributed by atoms with van der Waals surface area (Å²) in [5, 5.41) is 11.5. The van der Waals surface area contributed by atoms with Gasteiger partial charge < -0.3 is 10.4 Å². The Morgan fingerprint density at radius 3 is 2.32 bits per heavy atom. The molecule has 98 valence electrons. The van der Waals surface area contributed by atoms with Crippen molar-refractivity contribution in [2.75, 3.05) is 5.32 Å². The maximum Gasteiger partial charge on any atom is 0.259 e. The number of hydrogen-bond acceptors (Lipinski definition) is 2. The van der Waals surface area contributed by atoms with Gasteiger partial charge in [-0.2, -0.15) is 0 Å². The number of aromatic hydroxyl groups is 1. The summed E-state index contributed by atoms with van der Waals surface area (Å²) in [6.45, 7) is 0. The molecule has 0 fully saturated rings. The van der Waals surface area contributed by atoms with E-state index in [1.54, 1.807) is 0 Å². The molecule has 0 aliphatic carbocycles. The third-order valence-corrected chi connectivity index (χ3v) is 2.38. The van der Waals surface area contributed by atoms with E-state index >= 15 is 0 Å². The predicted octanol–water partition coefficient (Wildman–Crippen LogP) is 3.06. The zero-order valence-electron chi connectivity index (χ0n) is 9.45. The normalized spacial score (nSPS) is 10.3. The van der Waals surface area contributed by atoms with Crippen LogP contribution >= 0.6 is 0 Å². The molecule has 0 bridgehead atoms. The number of halogens is 3. The number of carbonyl (C=O) groups is 1. The van der Waals surface area contributed by atoms with Gasteiger partial charge in [0.25, 0.3) is 5.91 Å². The highest BCUT2D eigenvalue weighted by atomic mass is 19.1. The van der Waals surface area contributed by atoms with Gasteiger partial charge in [0.05, 0.1) is 11.3 Å². The second-order valence-corrected chi connectivity index (χ2v) is 3.74. The van der Waals surface area contributed by atoms with E-state index in [0.717, 1.165) is 30.3 Å². The van der Waals surface area contributed by atoms with Gasteiger partial charge in [-0.3, -0.25) is 4.79 Å². The largest absolute Gasteiger partial charge is 0.507 e. The van der Waals surface area contributed by atoms with Crippen molar-refractivity contribution >= 4 is 11.6 Å². The van der Waals surface area contributed by atoms with Crippen LogP contribution in [0.15, 0.2) is 36.4 Å². The Labute approximate surface area is 106 Å². The van der Waals surface area contributed by atoms with E-state index in [4.69, 9.17) is 0 Å². The summed E-state index contributed by atoms with van der Waals surface area (Å²) < 4.78 is 39.0. The fraction of sp³-hybridized carbons (Fsp3) is 0. The molecule has 2 rings (SSSR count). The van der Waals surface area contributed by atoms with Gasteiger partial charge >= 0.3 is 0 Å². The van der Waals surface area contributed by atoms with Crippen LogP contribution in [-0.2, 0) is 0 Å². The molecule has 0 saturated heterocycles. The van der Waals surface area contributed by atoms with Crippen molar-refractivity contribution in [2.45, 2.75) is 0 Å². The topological polar surface area (TPSA) is 49.3 Å². The molecule has 0 atom stereocenters. The number of nitrogens with one attached hydrogen (secondary N) is 1. The molecule has 2 aromatic carbocycles. The Balaban J connectivity index is 2.28. The van der Waals surface area contributed by atoms with E-state index in [1.165, 1.54) is 0 Å². The first-order valence-corrected chi connectivity index (χ1v) is 5.22. The van der Waals surface area contributed by atoms with Crippen molar-refractivity contribution in [3.05, 3.63) is 59.4 Å². The minimum absolute atomic E-state index is 0.268. The van der Waals surface area contributed by atoms with Crippen molar-refractivity contribution in [3.8, 4) is 5.75 Å². The lowest BCUT2D eigenvalue weighted by Crippen LogP contribution is -2.13. The van der Waals surface area contributed by atoms with Crippen LogP contribution in [0.3, 0.4) is 0 Å². The van der Waals surface area contributed by atoms with E-state index in [-0.39, 0.29) is 11.3 Å². The Morgan fingerprint density at radius 1 is 1.00 bits per heavy atom. The van der Waals surface area contributed by atoms with Crippen molar-refractivity contribution in [2.24, 2.45) is 0 Å². The number of hydrogen-bond donors (Lipinski definition) is 2. The summed E-state index contributed by atoms with van der Waals surface area (Å²) in [6, 6.07) is 5.38. The number of carbonyl (C=O) groups excluding carboxylic acids is 1. The van der Waals surface area contributed by atoms with E-state index < -0.39 is 29.1 Å². The number of amides is 1. The second-order valence-electron chi connectivity index (χ2n) is 3.74. The van der Waals surface area contributed by atoms with Crippen LogP contribution < -0.4 is 5.32 Å². The molecule has 3 nitrogen and oxygen atoms in total. The van der Waals surface area contributed by atoms with Gasteiger partial charge in [-0.25, -0.2) is 13.2 Å². The molecule has 0 heterocycles. The minimum atomic E-state index is -0.968. The molecule has 0 aromatic heterocycles. The first-order chi connectivity index (χ1) is 8.97. The van der Waals surface area contributed by atoms with Crippen LogP contribution in [0.4, 0.5) is 18.9 Å². The maximum atomic E-state index is 13.3. The fourth-order valence-electron chi connectivity index (χ4n) is 1.47. The summed E-state index contributed by atoms with van der Waals surface area (Å²) in [6.07, 6.45) is 0. The van der Waals surface area contributed by atoms with Gasteiger partial charge in [-0.15, -0.1) is 0 Å². The average Bonchev–Trinajstić information content (AvgIpc) is 2.35. The number of rotatable bonds is 2. The molecule has 0 aliphatic rings. The van der Waals surface area contributed by atoms with Gasteiger partial charge in [0.15, 0.2) is 0 Å². The van der Waals surface area contributed by atoms with Gasteiger partial charge in [-0.1, -0.05) is 0 Å². The van der Waals surface area contributed by atoms with Gasteiger partial charge in [0, 0.05) is 6.07 Å². The molecule has 0 saturated carbocycles. The van der Waals surface area contributed by atoms with Gasteiger partial charge in [-0.05, 0) is 30.3 Å². The molecule has 2 aromatic rings. The van der Waals surface area contributed by atoms with E-state index in [0.29, 0.717) is 6.07 Å². The maximum absolute atomic E-state index is 13.3. The van der Waals surface area contributed by atoms with Crippen LogP contribution in [0.25, 0.3) is 0 Å². The minimum Gasteiger partial charge on any atom is -0.507 e. The molecule has 19 heavy (non-hydrogen) atoms. The zero-order valence-corrected chi connectivity index (χ0v) is 9.45. The SMILES string of the molecule is O=C(Nc1ccc(F)cc1F)c1cc(F)ccc1O. The molecular weight excluding hydrogens is 259 g/mol. The van der Waals surface area contributed by atoms with Crippen molar-refractivity contribution in [1.29, 1.82) is 0 Å². The number of benzene rings is 2. The quantitative estimate of drug-likeness (QED) is 0.878. The number of phenols is 1. The number of anilines is 1. The lowest BCUT2D eigenvalue weighted by Gasteiger charge is -2.07. The Bertz CT molecular complexity index is 644. The molecule has 1 amide bonds. The monoisotopic (exact) mass is 267 g/mol. The lowest BCUT2D eigenvalue weighted by atomic mass is 10.1. The Kier molecular flexibility index (Phi) is 3.41. The highest BCUT2D eigenvalue weighted by Crippen LogP contribution is 2.21. The summed E-state index contributed by atoms with van der Waals surface area (Å²) in [5.41, 5.74) is -0.612. The summed E-state index contributed by atoms with van der Waals surface area (Å²) in [4.78, 5) is 11.7. The Hall–Kier alpha value is -2.50. The van der Waals surface area contributed by atoms with Crippen LogP contribution in [0.5, 0.6) is 5.75 Å². The van der Waals surface area contributed by atoms with Gasteiger partial charge in [0.1, 0.15) is 23.2 Å². The van der Waals surface area contributed by atoms with Crippen LogP contribution in [0, 0.1) is 17.5 Å². The third kappa shape index (κ3) is 2.85. The molecule has 0 aliphatic heterocycles. The number of phenolic OH excluding ortho intramolecular Hbond substituents is 1. The fourth-order valence-corrected chi connectivity index (χ4v) is 1.47. The van der Waals surface area contributed by atoms with Crippen LogP contribution in [0.2, 0.25) is 0 Å². The summed E-state index contributed by atoms with van der Waals surface area (Å²) in [7, 11) is 0. The molecule has 6 heteroatoms. The summed E-state index contributed by atoms with van der Waals surface area (Å²) in [5.74, 6) is -3.82. The van der Waals surface area contributed by atoms with Crippen molar-refractivity contribution in [3.63, 3.8) is 0 Å². The van der Waals surface area contributed by atoms with E-state index in [2.05, 4.69) is 5.32 Å². The Morgan fingerprint density at radius 2 is 1.63 bits per heavy atom. The first kappa shape index (κ1) is 12.9. The smallest absolute Gasteiger partial charge is 0.259 e. The highest BCUT2D eigenvalue weighted by Gasteiger charge is 2.14. The van der Waals surface area contributed by atoms with Crippen molar-refractivity contribution < 1.29 is 23.1 Å². The summed E-state index contributed by atoms with van der Waals surface area (Å²) >= 11 is 0. The first-order valence-electron chi connectivity index (χ1n) is 5.22. The molecule has 0 radical (unpaired) electrons. The zero-order chi connectivity index (χ0) is 14.0. The predicted molar refractivity (Wildman–Crippen MR) is 62.4 cm³/mol. The molecule has 0 unspecified atom stereocenters. The van der Waals surface area contributed by atoms with Gasteiger partial charge in [0.2, 0.25) is 0 Å². The molecule has 0 spiro atoms. The highest BCUT2D eigenvalue weighted by molar-refractivity contribution is 6.06. The van der Waals surface area contributed by atoms with E-state index in [9.17, 15) is 23.1 Å². The van der Waals surface area contributed by atoms with E-state index in [1.807, 2.05) is 0 Å².